The van der Waals surface area contributed by atoms with E-state index in [1.54, 1.807) is 0 Å². The van der Waals surface area contributed by atoms with E-state index in [1.165, 1.54) is 12.1 Å². The first-order chi connectivity index (χ1) is 8.58. The van der Waals surface area contributed by atoms with Crippen molar-refractivity contribution in [1.29, 1.82) is 0 Å². The number of anilines is 1. The molecule has 6 heteroatoms. The number of hydrogen-bond acceptors (Lipinski definition) is 3. The third-order valence-electron chi connectivity index (χ3n) is 2.40. The predicted octanol–water partition coefficient (Wildman–Crippen LogP) is 2.05. The number of carbonyl (C=O) groups is 1. The summed E-state index contributed by atoms with van der Waals surface area (Å²) in [6.07, 6.45) is 2.02. The summed E-state index contributed by atoms with van der Waals surface area (Å²) in [6, 6.07) is 3.95. The molecule has 0 radical (unpaired) electrons. The highest BCUT2D eigenvalue weighted by Crippen LogP contribution is 2.16. The second kappa shape index (κ2) is 6.58. The van der Waals surface area contributed by atoms with E-state index in [-0.39, 0.29) is 23.0 Å². The number of carbonyl (C=O) groups excluding carboxylic acids is 1. The molecule has 4 N–H and O–H groups in total. The molecule has 1 rings (SSSR count). The molecule has 0 heterocycles. The van der Waals surface area contributed by atoms with Gasteiger partial charge in [-0.15, -0.1) is 0 Å². The molecule has 0 atom stereocenters. The molecule has 0 aliphatic carbocycles. The Hall–Kier alpha value is -2.11. The maximum absolute atomic E-state index is 13.6. The van der Waals surface area contributed by atoms with Crippen LogP contribution in [0.25, 0.3) is 0 Å². The SMILES string of the molecule is CCCCC(=O)Nc1ccc(/C(N)=N/O)cc1F. The Bertz CT molecular complexity index is 461. The van der Waals surface area contributed by atoms with Gasteiger partial charge in [-0.2, -0.15) is 0 Å². The molecule has 0 fully saturated rings. The van der Waals surface area contributed by atoms with Crippen LogP contribution >= 0.6 is 0 Å². The van der Waals surface area contributed by atoms with E-state index >= 15 is 0 Å². The van der Waals surface area contributed by atoms with Gasteiger partial charge in [0, 0.05) is 12.0 Å². The number of amides is 1. The third-order valence-corrected chi connectivity index (χ3v) is 2.40. The number of amidine groups is 1. The molecule has 0 unspecified atom stereocenters. The van der Waals surface area contributed by atoms with Gasteiger partial charge in [-0.25, -0.2) is 4.39 Å². The number of hydrogen-bond donors (Lipinski definition) is 3. The van der Waals surface area contributed by atoms with E-state index in [0.717, 1.165) is 18.9 Å². The van der Waals surface area contributed by atoms with E-state index < -0.39 is 5.82 Å². The standard InChI is InChI=1S/C12H16FN3O2/c1-2-3-4-11(17)15-10-6-5-8(7-9(10)13)12(14)16-18/h5-7,18H,2-4H2,1H3,(H2,14,16)(H,15,17). The Morgan fingerprint density at radius 2 is 2.28 bits per heavy atom. The van der Waals surface area contributed by atoms with Crippen LogP contribution < -0.4 is 11.1 Å². The molecule has 5 nitrogen and oxygen atoms in total. The minimum absolute atomic E-state index is 0.0885. The first-order valence-corrected chi connectivity index (χ1v) is 5.65. The van der Waals surface area contributed by atoms with E-state index in [9.17, 15) is 9.18 Å². The van der Waals surface area contributed by atoms with E-state index in [1.807, 2.05) is 6.92 Å². The monoisotopic (exact) mass is 253 g/mol. The van der Waals surface area contributed by atoms with Crippen LogP contribution in [0.3, 0.4) is 0 Å². The second-order valence-electron chi connectivity index (χ2n) is 3.83. The molecular weight excluding hydrogens is 237 g/mol. The highest BCUT2D eigenvalue weighted by atomic mass is 19.1. The number of halogens is 1. The average Bonchev–Trinajstić information content (AvgIpc) is 2.37. The van der Waals surface area contributed by atoms with Crippen molar-refractivity contribution in [2.45, 2.75) is 26.2 Å². The van der Waals surface area contributed by atoms with Gasteiger partial charge in [0.05, 0.1) is 5.69 Å². The van der Waals surface area contributed by atoms with Crippen molar-refractivity contribution in [3.63, 3.8) is 0 Å². The highest BCUT2D eigenvalue weighted by molar-refractivity contribution is 5.98. The lowest BCUT2D eigenvalue weighted by Crippen LogP contribution is -2.15. The van der Waals surface area contributed by atoms with Crippen LogP contribution in [0, 0.1) is 5.82 Å². The van der Waals surface area contributed by atoms with Crippen molar-refractivity contribution in [3.8, 4) is 0 Å². The summed E-state index contributed by atoms with van der Waals surface area (Å²) in [6.45, 7) is 1.97. The lowest BCUT2D eigenvalue weighted by Gasteiger charge is -2.07. The molecular formula is C12H16FN3O2. The Labute approximate surface area is 104 Å². The summed E-state index contributed by atoms with van der Waals surface area (Å²) in [5, 5.41) is 13.7. The molecule has 0 saturated heterocycles. The summed E-state index contributed by atoms with van der Waals surface area (Å²) < 4.78 is 13.6. The molecule has 0 aliphatic heterocycles. The first-order valence-electron chi connectivity index (χ1n) is 5.65. The number of nitrogens with two attached hydrogens (primary N) is 1. The number of benzene rings is 1. The van der Waals surface area contributed by atoms with Gasteiger partial charge in [-0.3, -0.25) is 4.79 Å². The summed E-state index contributed by atoms with van der Waals surface area (Å²) >= 11 is 0. The maximum atomic E-state index is 13.6. The topological polar surface area (TPSA) is 87.7 Å². The van der Waals surface area contributed by atoms with E-state index in [0.29, 0.717) is 6.42 Å². The Kier molecular flexibility index (Phi) is 5.10. The largest absolute Gasteiger partial charge is 0.409 e. The van der Waals surface area contributed by atoms with Gasteiger partial charge in [-0.1, -0.05) is 18.5 Å². The van der Waals surface area contributed by atoms with Gasteiger partial charge in [0.15, 0.2) is 5.84 Å². The van der Waals surface area contributed by atoms with Crippen LogP contribution in [0.2, 0.25) is 0 Å². The normalized spacial score (nSPS) is 11.3. The number of nitrogens with zero attached hydrogens (tertiary/aromatic N) is 1. The molecule has 0 spiro atoms. The van der Waals surface area contributed by atoms with Crippen molar-refractivity contribution in [3.05, 3.63) is 29.6 Å². The zero-order valence-electron chi connectivity index (χ0n) is 10.1. The molecule has 18 heavy (non-hydrogen) atoms. The van der Waals surface area contributed by atoms with Crippen LogP contribution in [0.5, 0.6) is 0 Å². The molecule has 0 aliphatic rings. The molecule has 0 bridgehead atoms. The smallest absolute Gasteiger partial charge is 0.224 e. The summed E-state index contributed by atoms with van der Waals surface area (Å²) in [5.74, 6) is -1.03. The maximum Gasteiger partial charge on any atom is 0.224 e. The van der Waals surface area contributed by atoms with Gasteiger partial charge < -0.3 is 16.3 Å². The van der Waals surface area contributed by atoms with Crippen molar-refractivity contribution >= 4 is 17.4 Å². The lowest BCUT2D eigenvalue weighted by molar-refractivity contribution is -0.116. The predicted molar refractivity (Wildman–Crippen MR) is 67.1 cm³/mol. The summed E-state index contributed by atoms with van der Waals surface area (Å²) in [5.41, 5.74) is 5.67. The lowest BCUT2D eigenvalue weighted by atomic mass is 10.1. The van der Waals surface area contributed by atoms with Gasteiger partial charge in [0.1, 0.15) is 5.82 Å². The van der Waals surface area contributed by atoms with Crippen molar-refractivity contribution in [2.24, 2.45) is 10.9 Å². The van der Waals surface area contributed by atoms with E-state index in [4.69, 9.17) is 10.9 Å². The van der Waals surface area contributed by atoms with Gasteiger partial charge in [0.25, 0.3) is 0 Å². The zero-order chi connectivity index (χ0) is 13.5. The minimum atomic E-state index is -0.621. The van der Waals surface area contributed by atoms with Crippen LogP contribution in [0.1, 0.15) is 31.7 Å². The average molecular weight is 253 g/mol. The van der Waals surface area contributed by atoms with Gasteiger partial charge in [-0.05, 0) is 24.6 Å². The summed E-state index contributed by atoms with van der Waals surface area (Å²) in [4.78, 5) is 11.4. The third kappa shape index (κ3) is 3.73. The fourth-order valence-corrected chi connectivity index (χ4v) is 1.38. The number of nitrogens with one attached hydrogen (secondary N) is 1. The fourth-order valence-electron chi connectivity index (χ4n) is 1.38. The molecule has 1 amide bonds. The highest BCUT2D eigenvalue weighted by Gasteiger charge is 2.09. The quantitative estimate of drug-likeness (QED) is 0.325. The molecule has 0 aromatic heterocycles. The minimum Gasteiger partial charge on any atom is -0.409 e. The van der Waals surface area contributed by atoms with Crippen LogP contribution in [-0.2, 0) is 4.79 Å². The number of oxime groups is 1. The van der Waals surface area contributed by atoms with Crippen LogP contribution in [-0.4, -0.2) is 17.0 Å². The van der Waals surface area contributed by atoms with Crippen molar-refractivity contribution in [1.82, 2.24) is 0 Å². The summed E-state index contributed by atoms with van der Waals surface area (Å²) in [7, 11) is 0. The van der Waals surface area contributed by atoms with E-state index in [2.05, 4.69) is 10.5 Å². The Morgan fingerprint density at radius 3 is 2.83 bits per heavy atom. The molecule has 1 aromatic carbocycles. The first kappa shape index (κ1) is 14.0. The van der Waals surface area contributed by atoms with Crippen LogP contribution in [0.15, 0.2) is 23.4 Å². The number of rotatable bonds is 5. The molecule has 98 valence electrons. The second-order valence-corrected chi connectivity index (χ2v) is 3.83. The molecule has 0 saturated carbocycles. The van der Waals surface area contributed by atoms with Crippen LogP contribution in [0.4, 0.5) is 10.1 Å². The van der Waals surface area contributed by atoms with Gasteiger partial charge >= 0.3 is 0 Å². The van der Waals surface area contributed by atoms with Crippen molar-refractivity contribution in [2.75, 3.05) is 5.32 Å². The van der Waals surface area contributed by atoms with Gasteiger partial charge in [0.2, 0.25) is 5.91 Å². The zero-order valence-corrected chi connectivity index (χ0v) is 10.1. The number of unbranched alkanes of at least 4 members (excludes halogenated alkanes) is 1. The molecule has 1 aromatic rings. The Morgan fingerprint density at radius 1 is 1.56 bits per heavy atom. The Balaban J connectivity index is 2.77. The van der Waals surface area contributed by atoms with Crippen molar-refractivity contribution < 1.29 is 14.4 Å². The fraction of sp³-hybridized carbons (Fsp3) is 0.333.